The predicted octanol–water partition coefficient (Wildman–Crippen LogP) is 3.78. The van der Waals surface area contributed by atoms with E-state index in [2.05, 4.69) is 20.8 Å². The number of halogens is 1. The molecule has 3 aromatic heterocycles. The van der Waals surface area contributed by atoms with E-state index in [4.69, 9.17) is 16.0 Å². The van der Waals surface area contributed by atoms with Crippen molar-refractivity contribution in [3.8, 4) is 17.1 Å². The van der Waals surface area contributed by atoms with Gasteiger partial charge >= 0.3 is 148 Å². The monoisotopic (exact) mass is 406 g/mol. The molecule has 4 rings (SSSR count). The average molecular weight is 406 g/mol. The van der Waals surface area contributed by atoms with E-state index < -0.39 is 5.97 Å². The number of carbonyl (C=O) groups is 1. The second-order valence-corrected chi connectivity index (χ2v) is 7.39. The Balaban J connectivity index is 1.87. The van der Waals surface area contributed by atoms with Crippen LogP contribution in [-0.2, 0) is 4.74 Å². The number of aromatic nitrogens is 2. The van der Waals surface area contributed by atoms with Crippen LogP contribution >= 0.6 is 11.6 Å². The van der Waals surface area contributed by atoms with Gasteiger partial charge in [-0.2, -0.15) is 0 Å². The Hall–Kier alpha value is -2.27. The van der Waals surface area contributed by atoms with Crippen molar-refractivity contribution >= 4 is 41.9 Å². The average Bonchev–Trinajstić information content (AvgIpc) is 3.29. The SMILES string of the molecule is COC(=O)c1ccc(-c2nn(-c3cccc(Cl)c3)c3cc[se]c23)o1. The number of benzene rings is 1. The van der Waals surface area contributed by atoms with Crippen LogP contribution in [0, 0.1) is 0 Å². The normalized spacial score (nSPS) is 11.1. The molecule has 0 amide bonds. The number of nitrogens with zero attached hydrogens (tertiary/aromatic N) is 2. The molecular formula is C17H11ClN2O3Se. The molecule has 0 aliphatic heterocycles. The second kappa shape index (κ2) is 5.98. The van der Waals surface area contributed by atoms with E-state index in [1.165, 1.54) is 7.11 Å². The molecule has 0 N–H and O–H groups in total. The number of hydrogen-bond donors (Lipinski definition) is 0. The number of furan rings is 1. The fraction of sp³-hybridized carbons (Fsp3) is 0.0588. The summed E-state index contributed by atoms with van der Waals surface area (Å²) >= 11 is 6.26. The van der Waals surface area contributed by atoms with Gasteiger partial charge < -0.3 is 0 Å². The molecule has 0 atom stereocenters. The maximum atomic E-state index is 11.6. The molecule has 0 saturated heterocycles. The van der Waals surface area contributed by atoms with E-state index in [1.807, 2.05) is 28.9 Å². The Morgan fingerprint density at radius 1 is 1.29 bits per heavy atom. The molecule has 1 aromatic carbocycles. The topological polar surface area (TPSA) is 57.3 Å². The van der Waals surface area contributed by atoms with Crippen LogP contribution in [-0.4, -0.2) is 37.4 Å². The van der Waals surface area contributed by atoms with Gasteiger partial charge in [0.25, 0.3) is 0 Å². The standard InChI is InChI=1S/C17H11ClN2O3Se/c1-22-17(21)14-6-5-13(23-14)15-16-12(7-8-24-16)20(19-15)11-4-2-3-10(18)9-11/h2-9H,1H3. The molecule has 0 radical (unpaired) electrons. The van der Waals surface area contributed by atoms with Crippen LogP contribution in [0.4, 0.5) is 0 Å². The van der Waals surface area contributed by atoms with Crippen LogP contribution in [0.25, 0.3) is 26.9 Å². The van der Waals surface area contributed by atoms with Crippen LogP contribution in [0.5, 0.6) is 0 Å². The van der Waals surface area contributed by atoms with E-state index >= 15 is 0 Å². The van der Waals surface area contributed by atoms with Crippen LogP contribution in [0.15, 0.2) is 51.8 Å². The molecular weight excluding hydrogens is 395 g/mol. The molecule has 0 fully saturated rings. The van der Waals surface area contributed by atoms with Crippen LogP contribution < -0.4 is 0 Å². The Morgan fingerprint density at radius 2 is 2.17 bits per heavy atom. The van der Waals surface area contributed by atoms with Crippen molar-refractivity contribution in [2.24, 2.45) is 0 Å². The molecule has 0 bridgehead atoms. The zero-order chi connectivity index (χ0) is 16.7. The van der Waals surface area contributed by atoms with E-state index in [9.17, 15) is 4.79 Å². The minimum atomic E-state index is -0.504. The molecule has 0 saturated carbocycles. The van der Waals surface area contributed by atoms with E-state index in [0.29, 0.717) is 10.8 Å². The molecule has 0 unspecified atom stereocenters. The Labute approximate surface area is 148 Å². The van der Waals surface area contributed by atoms with Crippen molar-refractivity contribution in [1.29, 1.82) is 0 Å². The molecule has 5 nitrogen and oxygen atoms in total. The van der Waals surface area contributed by atoms with Gasteiger partial charge in [-0.15, -0.1) is 0 Å². The van der Waals surface area contributed by atoms with Crippen molar-refractivity contribution in [3.63, 3.8) is 0 Å². The van der Waals surface area contributed by atoms with Crippen molar-refractivity contribution in [2.45, 2.75) is 0 Å². The van der Waals surface area contributed by atoms with Crippen LogP contribution in [0.2, 0.25) is 5.02 Å². The van der Waals surface area contributed by atoms with Gasteiger partial charge in [0.15, 0.2) is 0 Å². The third-order valence-corrected chi connectivity index (χ3v) is 5.71. The summed E-state index contributed by atoms with van der Waals surface area (Å²) in [7, 11) is 1.32. The van der Waals surface area contributed by atoms with Crippen molar-refractivity contribution < 1.29 is 13.9 Å². The molecule has 0 aliphatic rings. The summed E-state index contributed by atoms with van der Waals surface area (Å²) in [5.41, 5.74) is 2.64. The van der Waals surface area contributed by atoms with E-state index in [1.54, 1.807) is 12.1 Å². The first-order chi connectivity index (χ1) is 11.7. The van der Waals surface area contributed by atoms with Crippen molar-refractivity contribution in [2.75, 3.05) is 7.11 Å². The van der Waals surface area contributed by atoms with Gasteiger partial charge in [0.05, 0.1) is 0 Å². The first-order valence-electron chi connectivity index (χ1n) is 7.08. The van der Waals surface area contributed by atoms with E-state index in [-0.39, 0.29) is 20.3 Å². The summed E-state index contributed by atoms with van der Waals surface area (Å²) < 4.78 is 13.3. The number of fused-ring (bicyclic) bond motifs is 1. The Kier molecular flexibility index (Phi) is 3.81. The summed E-state index contributed by atoms with van der Waals surface area (Å²) in [6, 6.07) is 12.9. The molecule has 120 valence electrons. The molecule has 0 spiro atoms. The summed E-state index contributed by atoms with van der Waals surface area (Å²) in [6.07, 6.45) is 0. The summed E-state index contributed by atoms with van der Waals surface area (Å²) in [6.45, 7) is 0. The fourth-order valence-corrected chi connectivity index (χ4v) is 4.48. The summed E-state index contributed by atoms with van der Waals surface area (Å²) in [5, 5.41) is 5.34. The van der Waals surface area contributed by atoms with Gasteiger partial charge in [0, 0.05) is 0 Å². The van der Waals surface area contributed by atoms with Crippen molar-refractivity contribution in [1.82, 2.24) is 9.78 Å². The minimum absolute atomic E-state index is 0.164. The van der Waals surface area contributed by atoms with Gasteiger partial charge in [-0.25, -0.2) is 0 Å². The van der Waals surface area contributed by atoms with Gasteiger partial charge in [0.2, 0.25) is 0 Å². The van der Waals surface area contributed by atoms with Gasteiger partial charge in [-0.05, 0) is 0 Å². The first-order valence-corrected chi connectivity index (χ1v) is 9.30. The zero-order valence-corrected chi connectivity index (χ0v) is 15.0. The molecule has 4 aromatic rings. The van der Waals surface area contributed by atoms with Crippen LogP contribution in [0.3, 0.4) is 0 Å². The molecule has 24 heavy (non-hydrogen) atoms. The Morgan fingerprint density at radius 3 is 2.96 bits per heavy atom. The Bertz CT molecular complexity index is 1050. The van der Waals surface area contributed by atoms with E-state index in [0.717, 1.165) is 21.2 Å². The number of hydrogen-bond acceptors (Lipinski definition) is 4. The third-order valence-electron chi connectivity index (χ3n) is 3.57. The number of esters is 1. The van der Waals surface area contributed by atoms with Gasteiger partial charge in [0.1, 0.15) is 0 Å². The number of rotatable bonds is 3. The van der Waals surface area contributed by atoms with Crippen molar-refractivity contribution in [3.05, 3.63) is 58.2 Å². The van der Waals surface area contributed by atoms with Gasteiger partial charge in [-0.1, -0.05) is 0 Å². The summed E-state index contributed by atoms with van der Waals surface area (Å²) in [4.78, 5) is 13.7. The third kappa shape index (κ3) is 2.49. The zero-order valence-electron chi connectivity index (χ0n) is 12.5. The quantitative estimate of drug-likeness (QED) is 0.384. The molecule has 3 heterocycles. The second-order valence-electron chi connectivity index (χ2n) is 5.03. The number of methoxy groups -OCH3 is 1. The number of carbonyl (C=O) groups excluding carboxylic acids is 1. The predicted molar refractivity (Wildman–Crippen MR) is 92.1 cm³/mol. The fourth-order valence-electron chi connectivity index (χ4n) is 2.49. The maximum absolute atomic E-state index is 11.6. The number of ether oxygens (including phenoxy) is 1. The van der Waals surface area contributed by atoms with Gasteiger partial charge in [-0.3, -0.25) is 0 Å². The van der Waals surface area contributed by atoms with Crippen LogP contribution in [0.1, 0.15) is 10.6 Å². The summed E-state index contributed by atoms with van der Waals surface area (Å²) in [5.74, 6) is 0.214. The first kappa shape index (κ1) is 15.3. The molecule has 0 aliphatic carbocycles. The molecule has 7 heteroatoms.